The van der Waals surface area contributed by atoms with Crippen LogP contribution >= 0.6 is 0 Å². The molecule has 2 aliphatic rings. The number of ether oxygens (including phenoxy) is 2. The van der Waals surface area contributed by atoms with Gasteiger partial charge >= 0.3 is 0 Å². The van der Waals surface area contributed by atoms with Crippen LogP contribution < -0.4 is 11.2 Å². The zero-order valence-electron chi connectivity index (χ0n) is 13.4. The van der Waals surface area contributed by atoms with Crippen molar-refractivity contribution in [1.29, 1.82) is 10.7 Å². The summed E-state index contributed by atoms with van der Waals surface area (Å²) in [5, 5.41) is 19.9. The highest BCUT2D eigenvalue weighted by atomic mass is 16.7. The van der Waals surface area contributed by atoms with Crippen molar-refractivity contribution in [2.24, 2.45) is 10.8 Å². The van der Waals surface area contributed by atoms with E-state index in [0.29, 0.717) is 19.1 Å². The zero-order chi connectivity index (χ0) is 17.0. The molecule has 7 nitrogen and oxygen atoms in total. The predicted molar refractivity (Wildman–Crippen MR) is 90.9 cm³/mol. The second-order valence-corrected chi connectivity index (χ2v) is 6.10. The Hall–Kier alpha value is -2.43. The van der Waals surface area contributed by atoms with Gasteiger partial charge in [-0.05, 0) is 36.5 Å². The molecule has 7 heteroatoms. The number of nitrogens with one attached hydrogen (secondary N) is 2. The molecule has 1 aromatic carbocycles. The summed E-state index contributed by atoms with van der Waals surface area (Å²) in [6, 6.07) is 9.74. The van der Waals surface area contributed by atoms with Crippen LogP contribution in [0.3, 0.4) is 0 Å². The van der Waals surface area contributed by atoms with E-state index in [0.717, 1.165) is 31.4 Å². The number of hydrogen-bond donors (Lipinski definition) is 3. The van der Waals surface area contributed by atoms with Crippen LogP contribution in [0.15, 0.2) is 29.4 Å². The van der Waals surface area contributed by atoms with Crippen molar-refractivity contribution in [2.45, 2.75) is 37.4 Å². The van der Waals surface area contributed by atoms with E-state index in [2.05, 4.69) is 22.7 Å². The molecule has 1 aliphatic carbocycles. The molecule has 1 aromatic rings. The Bertz CT molecular complexity index is 661. The highest BCUT2D eigenvalue weighted by Gasteiger charge is 2.40. The van der Waals surface area contributed by atoms with Gasteiger partial charge in [0, 0.05) is 12.8 Å². The Labute approximate surface area is 140 Å². The third-order valence-corrected chi connectivity index (χ3v) is 4.60. The quantitative estimate of drug-likeness (QED) is 0.446. The third-order valence-electron chi connectivity index (χ3n) is 4.60. The Morgan fingerprint density at radius 2 is 1.88 bits per heavy atom. The molecule has 0 aromatic heterocycles. The second kappa shape index (κ2) is 6.99. The lowest BCUT2D eigenvalue weighted by atomic mass is 9.81. The lowest BCUT2D eigenvalue weighted by Gasteiger charge is -2.35. The molecule has 2 fully saturated rings. The fourth-order valence-corrected chi connectivity index (χ4v) is 3.27. The summed E-state index contributed by atoms with van der Waals surface area (Å²) < 4.78 is 11.5. The van der Waals surface area contributed by atoms with Gasteiger partial charge in [-0.3, -0.25) is 10.8 Å². The smallest absolute Gasteiger partial charge is 0.201 e. The van der Waals surface area contributed by atoms with Crippen molar-refractivity contribution >= 4 is 17.2 Å². The second-order valence-electron chi connectivity index (χ2n) is 6.10. The molecule has 1 saturated carbocycles. The van der Waals surface area contributed by atoms with Gasteiger partial charge in [0.2, 0.25) is 5.71 Å². The summed E-state index contributed by atoms with van der Waals surface area (Å²) in [4.78, 5) is 0. The van der Waals surface area contributed by atoms with Crippen LogP contribution in [-0.4, -0.2) is 30.5 Å². The van der Waals surface area contributed by atoms with Crippen molar-refractivity contribution in [2.75, 3.05) is 18.6 Å². The lowest BCUT2D eigenvalue weighted by Crippen LogP contribution is -2.34. The normalized spacial score (nSPS) is 20.7. The van der Waals surface area contributed by atoms with Gasteiger partial charge in [-0.1, -0.05) is 12.1 Å². The minimum Gasteiger partial charge on any atom is -0.382 e. The van der Waals surface area contributed by atoms with Gasteiger partial charge in [0.05, 0.1) is 18.9 Å². The highest BCUT2D eigenvalue weighted by Crippen LogP contribution is 2.42. The van der Waals surface area contributed by atoms with Crippen LogP contribution in [0.4, 0.5) is 5.69 Å². The topological polar surface area (TPSA) is 117 Å². The number of rotatable bonds is 4. The first-order chi connectivity index (χ1) is 11.6. The predicted octanol–water partition coefficient (Wildman–Crippen LogP) is 2.31. The van der Waals surface area contributed by atoms with Crippen LogP contribution in [0.1, 0.15) is 37.2 Å². The summed E-state index contributed by atoms with van der Waals surface area (Å²) >= 11 is 0. The molecule has 0 unspecified atom stereocenters. The van der Waals surface area contributed by atoms with Gasteiger partial charge in [-0.2, -0.15) is 10.4 Å². The SMILES string of the molecule is N#C/C(=N\Nc1ccc(C2CCC3(CC2)OCCO3)cc1)C(=N)N. The molecule has 1 saturated heterocycles. The lowest BCUT2D eigenvalue weighted by molar-refractivity contribution is -0.178. The van der Waals surface area contributed by atoms with E-state index >= 15 is 0 Å². The summed E-state index contributed by atoms with van der Waals surface area (Å²) in [6.07, 6.45) is 3.97. The zero-order valence-corrected chi connectivity index (χ0v) is 13.4. The van der Waals surface area contributed by atoms with Gasteiger partial charge in [-0.25, -0.2) is 0 Å². The Kier molecular flexibility index (Phi) is 4.79. The van der Waals surface area contributed by atoms with Crippen molar-refractivity contribution in [3.05, 3.63) is 29.8 Å². The van der Waals surface area contributed by atoms with E-state index in [1.165, 1.54) is 5.56 Å². The monoisotopic (exact) mass is 327 g/mol. The summed E-state index contributed by atoms with van der Waals surface area (Å²) in [7, 11) is 0. The fraction of sp³-hybridized carbons (Fsp3) is 0.471. The Morgan fingerprint density at radius 1 is 1.25 bits per heavy atom. The van der Waals surface area contributed by atoms with Gasteiger partial charge in [0.15, 0.2) is 11.6 Å². The summed E-state index contributed by atoms with van der Waals surface area (Å²) in [6.45, 7) is 1.41. The maximum Gasteiger partial charge on any atom is 0.201 e. The maximum absolute atomic E-state index is 8.81. The van der Waals surface area contributed by atoms with Crippen molar-refractivity contribution in [3.8, 4) is 6.07 Å². The molecular formula is C17H21N5O2. The van der Waals surface area contributed by atoms with Crippen LogP contribution in [0, 0.1) is 16.7 Å². The Balaban J connectivity index is 1.59. The van der Waals surface area contributed by atoms with Crippen molar-refractivity contribution in [1.82, 2.24) is 0 Å². The van der Waals surface area contributed by atoms with Crippen LogP contribution in [0.25, 0.3) is 0 Å². The van der Waals surface area contributed by atoms with Crippen molar-refractivity contribution in [3.63, 3.8) is 0 Å². The summed E-state index contributed by atoms with van der Waals surface area (Å²) in [5.74, 6) is -0.172. The first-order valence-corrected chi connectivity index (χ1v) is 8.08. The Morgan fingerprint density at radius 3 is 2.42 bits per heavy atom. The minimum absolute atomic E-state index is 0.131. The number of hydrazone groups is 1. The van der Waals surface area contributed by atoms with Gasteiger partial charge in [0.1, 0.15) is 6.07 Å². The standard InChI is InChI=1S/C17H21N5O2/c18-11-15(16(19)20)22-21-14-3-1-12(2-4-14)13-5-7-17(8-6-13)23-9-10-24-17/h1-4,13,21H,5-10H2,(H3,19,20)/b22-15+. The largest absolute Gasteiger partial charge is 0.382 e. The van der Waals surface area contributed by atoms with Gasteiger partial charge < -0.3 is 15.2 Å². The van der Waals surface area contributed by atoms with Gasteiger partial charge in [0.25, 0.3) is 0 Å². The number of hydrogen-bond acceptors (Lipinski definition) is 6. The molecule has 1 spiro atoms. The van der Waals surface area contributed by atoms with E-state index < -0.39 is 0 Å². The molecule has 4 N–H and O–H groups in total. The van der Waals surface area contributed by atoms with Crippen LogP contribution in [0.2, 0.25) is 0 Å². The number of nitriles is 1. The van der Waals surface area contributed by atoms with Crippen molar-refractivity contribution < 1.29 is 9.47 Å². The average Bonchev–Trinajstić information content (AvgIpc) is 3.05. The molecule has 0 amide bonds. The number of nitrogens with zero attached hydrogens (tertiary/aromatic N) is 2. The number of benzene rings is 1. The molecular weight excluding hydrogens is 306 g/mol. The molecule has 0 radical (unpaired) electrons. The third kappa shape index (κ3) is 3.55. The van der Waals surface area contributed by atoms with Crippen LogP contribution in [-0.2, 0) is 9.47 Å². The maximum atomic E-state index is 8.81. The number of amidine groups is 1. The molecule has 1 heterocycles. The van der Waals surface area contributed by atoms with Crippen LogP contribution in [0.5, 0.6) is 0 Å². The van der Waals surface area contributed by atoms with E-state index in [1.54, 1.807) is 6.07 Å². The average molecular weight is 327 g/mol. The van der Waals surface area contributed by atoms with E-state index in [-0.39, 0.29) is 17.3 Å². The minimum atomic E-state index is -0.353. The fourth-order valence-electron chi connectivity index (χ4n) is 3.27. The van der Waals surface area contributed by atoms with E-state index in [1.807, 2.05) is 12.1 Å². The molecule has 1 aliphatic heterocycles. The molecule has 0 bridgehead atoms. The van der Waals surface area contributed by atoms with Gasteiger partial charge in [-0.15, -0.1) is 0 Å². The number of anilines is 1. The first kappa shape index (κ1) is 16.4. The molecule has 24 heavy (non-hydrogen) atoms. The molecule has 126 valence electrons. The van der Waals surface area contributed by atoms with E-state index in [9.17, 15) is 0 Å². The highest BCUT2D eigenvalue weighted by molar-refractivity contribution is 6.45. The molecule has 3 rings (SSSR count). The molecule has 0 atom stereocenters. The van der Waals surface area contributed by atoms with E-state index in [4.69, 9.17) is 25.9 Å². The number of nitrogens with two attached hydrogens (primary N) is 1. The summed E-state index contributed by atoms with van der Waals surface area (Å²) in [5.41, 5.74) is 9.91. The first-order valence-electron chi connectivity index (χ1n) is 8.08.